The van der Waals surface area contributed by atoms with Gasteiger partial charge in [-0.05, 0) is 48.0 Å². The van der Waals surface area contributed by atoms with Crippen molar-refractivity contribution in [1.29, 1.82) is 0 Å². The molecule has 0 aliphatic heterocycles. The highest BCUT2D eigenvalue weighted by atomic mass is 35.5. The maximum absolute atomic E-state index is 14.2. The summed E-state index contributed by atoms with van der Waals surface area (Å²) in [4.78, 5) is 8.20. The van der Waals surface area contributed by atoms with Crippen molar-refractivity contribution in [1.82, 2.24) is 9.97 Å². The molecule has 0 aliphatic carbocycles. The van der Waals surface area contributed by atoms with Gasteiger partial charge < -0.3 is 10.1 Å². The molecule has 0 atom stereocenters. The van der Waals surface area contributed by atoms with Gasteiger partial charge in [-0.2, -0.15) is 0 Å². The third-order valence-electron chi connectivity index (χ3n) is 4.09. The van der Waals surface area contributed by atoms with Gasteiger partial charge in [0.1, 0.15) is 36.1 Å². The Morgan fingerprint density at radius 3 is 2.64 bits per heavy atom. The Morgan fingerprint density at radius 2 is 1.82 bits per heavy atom. The maximum Gasteiger partial charge on any atom is 0.144 e. The monoisotopic (exact) mass is 397 g/mol. The molecule has 0 fully saturated rings. The summed E-state index contributed by atoms with van der Waals surface area (Å²) in [6.45, 7) is 0.187. The quantitative estimate of drug-likeness (QED) is 0.456. The van der Waals surface area contributed by atoms with Crippen molar-refractivity contribution in [3.63, 3.8) is 0 Å². The average molecular weight is 398 g/mol. The Labute approximate surface area is 164 Å². The van der Waals surface area contributed by atoms with Gasteiger partial charge in [-0.25, -0.2) is 18.7 Å². The minimum atomic E-state index is -0.415. The average Bonchev–Trinajstić information content (AvgIpc) is 2.68. The van der Waals surface area contributed by atoms with Gasteiger partial charge >= 0.3 is 0 Å². The molecule has 0 unspecified atom stereocenters. The fourth-order valence-corrected chi connectivity index (χ4v) is 3.02. The SMILES string of the molecule is Fc1cccc(COc2ccc(Nc3ncnc4cccc(F)c34)cc2Cl)c1. The van der Waals surface area contributed by atoms with Gasteiger partial charge in [0, 0.05) is 5.69 Å². The molecule has 7 heteroatoms. The molecule has 4 rings (SSSR count). The lowest BCUT2D eigenvalue weighted by Gasteiger charge is -2.12. The summed E-state index contributed by atoms with van der Waals surface area (Å²) >= 11 is 6.30. The topological polar surface area (TPSA) is 47.0 Å². The molecular weight excluding hydrogens is 384 g/mol. The van der Waals surface area contributed by atoms with E-state index >= 15 is 0 Å². The molecule has 1 N–H and O–H groups in total. The van der Waals surface area contributed by atoms with Gasteiger partial charge in [-0.15, -0.1) is 0 Å². The van der Waals surface area contributed by atoms with Crippen molar-refractivity contribution in [2.75, 3.05) is 5.32 Å². The zero-order valence-electron chi connectivity index (χ0n) is 14.5. The smallest absolute Gasteiger partial charge is 0.144 e. The predicted octanol–water partition coefficient (Wildman–Crippen LogP) is 5.88. The lowest BCUT2D eigenvalue weighted by Crippen LogP contribution is -1.99. The van der Waals surface area contributed by atoms with Crippen LogP contribution in [0.2, 0.25) is 5.02 Å². The number of fused-ring (bicyclic) bond motifs is 1. The second-order valence-corrected chi connectivity index (χ2v) is 6.45. The van der Waals surface area contributed by atoms with E-state index in [1.54, 1.807) is 42.5 Å². The normalized spacial score (nSPS) is 10.8. The number of nitrogens with zero attached hydrogens (tertiary/aromatic N) is 2. The van der Waals surface area contributed by atoms with Crippen LogP contribution in [0.25, 0.3) is 10.9 Å². The lowest BCUT2D eigenvalue weighted by atomic mass is 10.2. The van der Waals surface area contributed by atoms with E-state index < -0.39 is 5.82 Å². The molecule has 4 nitrogen and oxygen atoms in total. The van der Waals surface area contributed by atoms with Crippen molar-refractivity contribution in [2.24, 2.45) is 0 Å². The maximum atomic E-state index is 14.2. The molecule has 28 heavy (non-hydrogen) atoms. The Balaban J connectivity index is 1.54. The molecule has 4 aromatic rings. The Morgan fingerprint density at radius 1 is 0.964 bits per heavy atom. The first-order valence-corrected chi connectivity index (χ1v) is 8.81. The van der Waals surface area contributed by atoms with Crippen molar-refractivity contribution in [3.05, 3.63) is 89.2 Å². The molecular formula is C21H14ClF2N3O. The largest absolute Gasteiger partial charge is 0.487 e. The van der Waals surface area contributed by atoms with Crippen molar-refractivity contribution in [2.45, 2.75) is 6.61 Å². The molecule has 1 heterocycles. The molecule has 0 amide bonds. The molecule has 140 valence electrons. The van der Waals surface area contributed by atoms with E-state index in [0.717, 1.165) is 0 Å². The molecule has 0 saturated heterocycles. The minimum absolute atomic E-state index is 0.187. The molecule has 1 aromatic heterocycles. The molecule has 0 aliphatic rings. The Bertz CT molecular complexity index is 1150. The molecule has 3 aromatic carbocycles. The first-order chi connectivity index (χ1) is 13.6. The number of benzene rings is 3. The van der Waals surface area contributed by atoms with E-state index in [4.69, 9.17) is 16.3 Å². The zero-order valence-corrected chi connectivity index (χ0v) is 15.3. The molecule has 0 bridgehead atoms. The second-order valence-electron chi connectivity index (χ2n) is 6.05. The first-order valence-electron chi connectivity index (χ1n) is 8.43. The highest BCUT2D eigenvalue weighted by Crippen LogP contribution is 2.31. The van der Waals surface area contributed by atoms with Gasteiger partial charge in [-0.1, -0.05) is 29.8 Å². The van der Waals surface area contributed by atoms with E-state index in [9.17, 15) is 8.78 Å². The highest BCUT2D eigenvalue weighted by molar-refractivity contribution is 6.32. The minimum Gasteiger partial charge on any atom is -0.487 e. The fraction of sp³-hybridized carbons (Fsp3) is 0.0476. The first kappa shape index (κ1) is 18.1. The van der Waals surface area contributed by atoms with Crippen LogP contribution in [0.3, 0.4) is 0 Å². The van der Waals surface area contributed by atoms with Crippen LogP contribution in [0.15, 0.2) is 67.0 Å². The number of aromatic nitrogens is 2. The highest BCUT2D eigenvalue weighted by Gasteiger charge is 2.10. The van der Waals surface area contributed by atoms with Crippen molar-refractivity contribution >= 4 is 34.0 Å². The molecule has 0 radical (unpaired) electrons. The van der Waals surface area contributed by atoms with E-state index in [2.05, 4.69) is 15.3 Å². The van der Waals surface area contributed by atoms with Crippen LogP contribution in [-0.4, -0.2) is 9.97 Å². The summed E-state index contributed by atoms with van der Waals surface area (Å²) in [5, 5.41) is 3.72. The molecule has 0 spiro atoms. The van der Waals surface area contributed by atoms with Crippen LogP contribution in [0.1, 0.15) is 5.56 Å². The van der Waals surface area contributed by atoms with Gasteiger partial charge in [-0.3, -0.25) is 0 Å². The Kier molecular flexibility index (Phi) is 5.04. The van der Waals surface area contributed by atoms with E-state index in [-0.39, 0.29) is 12.4 Å². The van der Waals surface area contributed by atoms with E-state index in [1.807, 2.05) is 0 Å². The summed E-state index contributed by atoms with van der Waals surface area (Å²) in [6, 6.07) is 15.9. The zero-order chi connectivity index (χ0) is 19.5. The lowest BCUT2D eigenvalue weighted by molar-refractivity contribution is 0.306. The number of hydrogen-bond donors (Lipinski definition) is 1. The van der Waals surface area contributed by atoms with Gasteiger partial charge in [0.2, 0.25) is 0 Å². The standard InChI is InChI=1S/C21H14ClF2N3O/c22-16-10-15(7-8-19(16)28-11-13-3-1-4-14(23)9-13)27-21-20-17(24)5-2-6-18(20)25-12-26-21/h1-10,12H,11H2,(H,25,26,27). The van der Waals surface area contributed by atoms with Gasteiger partial charge in [0.25, 0.3) is 0 Å². The van der Waals surface area contributed by atoms with Gasteiger partial charge in [0.15, 0.2) is 0 Å². The number of nitrogens with one attached hydrogen (secondary N) is 1. The van der Waals surface area contributed by atoms with Gasteiger partial charge in [0.05, 0.1) is 15.9 Å². The second kappa shape index (κ2) is 7.78. The third-order valence-corrected chi connectivity index (χ3v) is 4.39. The summed E-state index contributed by atoms with van der Waals surface area (Å²) in [7, 11) is 0. The summed E-state index contributed by atoms with van der Waals surface area (Å²) in [5.74, 6) is 0.0561. The van der Waals surface area contributed by atoms with Crippen molar-refractivity contribution in [3.8, 4) is 5.75 Å². The van der Waals surface area contributed by atoms with Crippen LogP contribution in [0.5, 0.6) is 5.75 Å². The third kappa shape index (κ3) is 3.87. The summed E-state index contributed by atoms with van der Waals surface area (Å²) < 4.78 is 33.1. The number of ether oxygens (including phenoxy) is 1. The van der Waals surface area contributed by atoms with Crippen LogP contribution in [-0.2, 0) is 6.61 Å². The summed E-state index contributed by atoms with van der Waals surface area (Å²) in [5.41, 5.74) is 1.81. The summed E-state index contributed by atoms with van der Waals surface area (Å²) in [6.07, 6.45) is 1.36. The van der Waals surface area contributed by atoms with Crippen LogP contribution in [0.4, 0.5) is 20.3 Å². The van der Waals surface area contributed by atoms with Crippen LogP contribution in [0, 0.1) is 11.6 Å². The number of hydrogen-bond acceptors (Lipinski definition) is 4. The molecule has 0 saturated carbocycles. The van der Waals surface area contributed by atoms with Crippen LogP contribution < -0.4 is 10.1 Å². The number of anilines is 2. The fourth-order valence-electron chi connectivity index (χ4n) is 2.78. The number of rotatable bonds is 5. The van der Waals surface area contributed by atoms with Crippen LogP contribution >= 0.6 is 11.6 Å². The van der Waals surface area contributed by atoms with Crippen molar-refractivity contribution < 1.29 is 13.5 Å². The predicted molar refractivity (Wildman–Crippen MR) is 105 cm³/mol. The Hall–Kier alpha value is -3.25. The van der Waals surface area contributed by atoms with E-state index in [0.29, 0.717) is 38.7 Å². The van der Waals surface area contributed by atoms with E-state index in [1.165, 1.54) is 24.5 Å². The number of halogens is 3.